The second kappa shape index (κ2) is 4.42. The number of aliphatic hydroxyl groups is 1. The number of pyridine rings is 1. The molecule has 0 saturated carbocycles. The van der Waals surface area contributed by atoms with Crippen LogP contribution < -0.4 is 4.90 Å². The van der Waals surface area contributed by atoms with Gasteiger partial charge in [-0.05, 0) is 18.6 Å². The minimum Gasteiger partial charge on any atom is -0.386 e. The highest BCUT2D eigenvalue weighted by molar-refractivity contribution is 5.44. The average molecular weight is 260 g/mol. The van der Waals surface area contributed by atoms with Crippen LogP contribution in [0.15, 0.2) is 18.2 Å². The Bertz CT molecular complexity index is 428. The zero-order valence-corrected chi connectivity index (χ0v) is 10.0. The standard InChI is InChI=1S/C12H15F3N2O/c1-2-6-11(18)7-17(8-11)10-5-3-4-9(16-10)12(13,14)15/h3-5,18H,2,6-8H2,1H3. The summed E-state index contributed by atoms with van der Waals surface area (Å²) >= 11 is 0. The first-order chi connectivity index (χ1) is 8.34. The highest BCUT2D eigenvalue weighted by atomic mass is 19.4. The molecule has 3 nitrogen and oxygen atoms in total. The van der Waals surface area contributed by atoms with Crippen molar-refractivity contribution in [1.82, 2.24) is 4.98 Å². The van der Waals surface area contributed by atoms with Crippen LogP contribution in [0.25, 0.3) is 0 Å². The number of nitrogens with zero attached hydrogens (tertiary/aromatic N) is 2. The van der Waals surface area contributed by atoms with Crippen molar-refractivity contribution in [2.45, 2.75) is 31.5 Å². The molecule has 100 valence electrons. The number of β-amino-alcohol motifs (C(OH)–C–C–N with tert-alkyl or cyclic N) is 1. The number of aromatic nitrogens is 1. The van der Waals surface area contributed by atoms with Crippen LogP contribution in [0, 0.1) is 0 Å². The van der Waals surface area contributed by atoms with E-state index in [2.05, 4.69) is 4.98 Å². The minimum absolute atomic E-state index is 0.269. The predicted octanol–water partition coefficient (Wildman–Crippen LogP) is 2.45. The van der Waals surface area contributed by atoms with Crippen molar-refractivity contribution in [3.8, 4) is 0 Å². The van der Waals surface area contributed by atoms with Crippen LogP contribution in [0.4, 0.5) is 19.0 Å². The Balaban J connectivity index is 2.08. The lowest BCUT2D eigenvalue weighted by molar-refractivity contribution is -0.141. The molecule has 18 heavy (non-hydrogen) atoms. The second-order valence-corrected chi connectivity index (χ2v) is 4.71. The molecule has 2 heterocycles. The maximum Gasteiger partial charge on any atom is 0.433 e. The normalized spacial score (nSPS) is 18.6. The lowest BCUT2D eigenvalue weighted by Gasteiger charge is -2.47. The fourth-order valence-corrected chi connectivity index (χ4v) is 2.21. The van der Waals surface area contributed by atoms with E-state index in [1.165, 1.54) is 12.1 Å². The van der Waals surface area contributed by atoms with Crippen molar-refractivity contribution in [3.63, 3.8) is 0 Å². The van der Waals surface area contributed by atoms with E-state index in [4.69, 9.17) is 0 Å². The largest absolute Gasteiger partial charge is 0.433 e. The Morgan fingerprint density at radius 3 is 2.61 bits per heavy atom. The van der Waals surface area contributed by atoms with Gasteiger partial charge in [-0.2, -0.15) is 13.2 Å². The molecule has 0 unspecified atom stereocenters. The molecule has 1 aliphatic rings. The molecule has 0 aromatic carbocycles. The van der Waals surface area contributed by atoms with Crippen LogP contribution in [-0.2, 0) is 6.18 Å². The Morgan fingerprint density at radius 2 is 2.06 bits per heavy atom. The quantitative estimate of drug-likeness (QED) is 0.907. The monoisotopic (exact) mass is 260 g/mol. The third-order valence-corrected chi connectivity index (χ3v) is 3.03. The summed E-state index contributed by atoms with van der Waals surface area (Å²) in [7, 11) is 0. The highest BCUT2D eigenvalue weighted by Gasteiger charge is 2.41. The molecule has 0 aliphatic carbocycles. The first-order valence-electron chi connectivity index (χ1n) is 5.86. The van der Waals surface area contributed by atoms with E-state index in [0.717, 1.165) is 12.5 Å². The van der Waals surface area contributed by atoms with E-state index in [9.17, 15) is 18.3 Å². The van der Waals surface area contributed by atoms with Gasteiger partial charge in [0.1, 0.15) is 11.5 Å². The van der Waals surface area contributed by atoms with Gasteiger partial charge in [-0.25, -0.2) is 4.98 Å². The van der Waals surface area contributed by atoms with Crippen molar-refractivity contribution in [3.05, 3.63) is 23.9 Å². The second-order valence-electron chi connectivity index (χ2n) is 4.71. The van der Waals surface area contributed by atoms with Gasteiger partial charge in [0.05, 0.1) is 5.60 Å². The number of anilines is 1. The van der Waals surface area contributed by atoms with Crippen LogP contribution in [0.2, 0.25) is 0 Å². The molecule has 0 radical (unpaired) electrons. The summed E-state index contributed by atoms with van der Waals surface area (Å²) in [5.41, 5.74) is -1.67. The van der Waals surface area contributed by atoms with Gasteiger partial charge in [-0.1, -0.05) is 19.4 Å². The maximum absolute atomic E-state index is 12.5. The molecule has 1 aromatic rings. The van der Waals surface area contributed by atoms with Gasteiger partial charge in [0.25, 0.3) is 0 Å². The smallest absolute Gasteiger partial charge is 0.386 e. The van der Waals surface area contributed by atoms with Gasteiger partial charge in [-0.3, -0.25) is 0 Å². The molecule has 6 heteroatoms. The summed E-state index contributed by atoms with van der Waals surface area (Å²) in [6, 6.07) is 3.81. The van der Waals surface area contributed by atoms with Crippen molar-refractivity contribution < 1.29 is 18.3 Å². The van der Waals surface area contributed by atoms with E-state index in [1.807, 2.05) is 6.92 Å². The first-order valence-corrected chi connectivity index (χ1v) is 5.86. The van der Waals surface area contributed by atoms with E-state index in [1.54, 1.807) is 4.90 Å². The van der Waals surface area contributed by atoms with Crippen LogP contribution in [-0.4, -0.2) is 28.8 Å². The van der Waals surface area contributed by atoms with Gasteiger partial charge in [0, 0.05) is 13.1 Å². The first kappa shape index (κ1) is 13.1. The molecular weight excluding hydrogens is 245 g/mol. The molecule has 0 amide bonds. The van der Waals surface area contributed by atoms with Gasteiger partial charge in [0.2, 0.25) is 0 Å². The minimum atomic E-state index is -4.43. The molecule has 1 N–H and O–H groups in total. The number of halogens is 3. The van der Waals surface area contributed by atoms with Gasteiger partial charge in [0.15, 0.2) is 0 Å². The van der Waals surface area contributed by atoms with Crippen molar-refractivity contribution in [1.29, 1.82) is 0 Å². The molecule has 1 aliphatic heterocycles. The number of alkyl halides is 3. The van der Waals surface area contributed by atoms with E-state index in [-0.39, 0.29) is 5.82 Å². The van der Waals surface area contributed by atoms with E-state index >= 15 is 0 Å². The van der Waals surface area contributed by atoms with Gasteiger partial charge in [-0.15, -0.1) is 0 Å². The van der Waals surface area contributed by atoms with Gasteiger partial charge >= 0.3 is 6.18 Å². The lowest BCUT2D eigenvalue weighted by Crippen LogP contribution is -2.62. The molecule has 1 fully saturated rings. The molecule has 0 spiro atoms. The van der Waals surface area contributed by atoms with Crippen LogP contribution in [0.1, 0.15) is 25.5 Å². The zero-order valence-electron chi connectivity index (χ0n) is 10.0. The van der Waals surface area contributed by atoms with Crippen molar-refractivity contribution >= 4 is 5.82 Å². The molecule has 1 aromatic heterocycles. The van der Waals surface area contributed by atoms with Crippen molar-refractivity contribution in [2.75, 3.05) is 18.0 Å². The fraction of sp³-hybridized carbons (Fsp3) is 0.583. The summed E-state index contributed by atoms with van der Waals surface area (Å²) < 4.78 is 37.5. The molecule has 0 atom stereocenters. The topological polar surface area (TPSA) is 36.4 Å². The molecule has 0 bridgehead atoms. The molecule has 2 rings (SSSR count). The average Bonchev–Trinajstić information content (AvgIpc) is 2.25. The summed E-state index contributed by atoms with van der Waals surface area (Å²) in [6.07, 6.45) is -2.93. The number of rotatable bonds is 3. The highest BCUT2D eigenvalue weighted by Crippen LogP contribution is 2.33. The van der Waals surface area contributed by atoms with E-state index in [0.29, 0.717) is 19.5 Å². The summed E-state index contributed by atoms with van der Waals surface area (Å²) in [4.78, 5) is 5.24. The Hall–Kier alpha value is -1.30. The predicted molar refractivity (Wildman–Crippen MR) is 61.3 cm³/mol. The lowest BCUT2D eigenvalue weighted by atomic mass is 9.89. The summed E-state index contributed by atoms with van der Waals surface area (Å²) in [5, 5.41) is 9.98. The molecule has 1 saturated heterocycles. The molecular formula is C12H15F3N2O. The number of hydrogen-bond donors (Lipinski definition) is 1. The fourth-order valence-electron chi connectivity index (χ4n) is 2.21. The Labute approximate surface area is 103 Å². The maximum atomic E-state index is 12.5. The third kappa shape index (κ3) is 2.58. The third-order valence-electron chi connectivity index (χ3n) is 3.03. The van der Waals surface area contributed by atoms with Crippen LogP contribution in [0.5, 0.6) is 0 Å². The summed E-state index contributed by atoms with van der Waals surface area (Å²) in [6.45, 7) is 2.65. The van der Waals surface area contributed by atoms with Crippen LogP contribution >= 0.6 is 0 Å². The SMILES string of the molecule is CCCC1(O)CN(c2cccc(C(F)(F)F)n2)C1. The van der Waals surface area contributed by atoms with Gasteiger partial charge < -0.3 is 10.0 Å². The van der Waals surface area contributed by atoms with E-state index < -0.39 is 17.5 Å². The zero-order chi connectivity index (χ0) is 13.4. The summed E-state index contributed by atoms with van der Waals surface area (Å²) in [5.74, 6) is 0.269. The van der Waals surface area contributed by atoms with Crippen LogP contribution in [0.3, 0.4) is 0 Å². The number of hydrogen-bond acceptors (Lipinski definition) is 3. The Morgan fingerprint density at radius 1 is 1.39 bits per heavy atom. The van der Waals surface area contributed by atoms with Crippen molar-refractivity contribution in [2.24, 2.45) is 0 Å². The Kier molecular flexibility index (Phi) is 3.23.